The summed E-state index contributed by atoms with van der Waals surface area (Å²) in [5.74, 6) is -0.919. The van der Waals surface area contributed by atoms with Crippen LogP contribution in [0.5, 0.6) is 5.75 Å². The largest absolute Gasteiger partial charge is 0.530 e. The first-order chi connectivity index (χ1) is 30.5. The molecule has 63 heavy (non-hydrogen) atoms. The van der Waals surface area contributed by atoms with Gasteiger partial charge in [-0.1, -0.05) is 85.8 Å². The second kappa shape index (κ2) is 20.3. The molecule has 2 heterocycles. The van der Waals surface area contributed by atoms with Crippen LogP contribution in [0, 0.1) is 13.8 Å². The van der Waals surface area contributed by atoms with E-state index in [4.69, 9.17) is 23.0 Å². The number of esters is 1. The minimum atomic E-state index is -4.10. The summed E-state index contributed by atoms with van der Waals surface area (Å²) in [7, 11) is -4.10. The molecule has 0 bridgehead atoms. The molecule has 0 spiro atoms. The Kier molecular flexibility index (Phi) is 14.3. The zero-order chi connectivity index (χ0) is 44.3. The minimum absolute atomic E-state index is 0.0113. The van der Waals surface area contributed by atoms with Gasteiger partial charge in [-0.2, -0.15) is 5.10 Å². The van der Waals surface area contributed by atoms with Crippen molar-refractivity contribution >= 4 is 48.7 Å². The number of benzene rings is 4. The summed E-state index contributed by atoms with van der Waals surface area (Å²) >= 11 is 0. The lowest BCUT2D eigenvalue weighted by molar-refractivity contribution is -0.151. The molecule has 1 aliphatic carbocycles. The van der Waals surface area contributed by atoms with Gasteiger partial charge in [0.25, 0.3) is 11.8 Å². The van der Waals surface area contributed by atoms with Gasteiger partial charge in [-0.15, -0.1) is 0 Å². The van der Waals surface area contributed by atoms with Gasteiger partial charge in [0.1, 0.15) is 17.6 Å². The molecule has 17 heteroatoms. The van der Waals surface area contributed by atoms with Gasteiger partial charge in [-0.3, -0.25) is 23.4 Å². The molecule has 0 atom stereocenters. The molecular weight excluding hydrogens is 828 g/mol. The monoisotopic (exact) mass is 874 g/mol. The number of fused-ring (bicyclic) bond motifs is 1. The zero-order valence-corrected chi connectivity index (χ0v) is 35.9. The number of hydrogen-bond acceptors (Lipinski definition) is 13. The van der Waals surface area contributed by atoms with E-state index in [1.165, 1.54) is 29.2 Å². The van der Waals surface area contributed by atoms with Crippen LogP contribution in [0.3, 0.4) is 0 Å². The summed E-state index contributed by atoms with van der Waals surface area (Å²) in [5, 5.41) is 10.6. The van der Waals surface area contributed by atoms with E-state index < -0.39 is 32.6 Å². The van der Waals surface area contributed by atoms with Crippen molar-refractivity contribution in [1.82, 2.24) is 24.8 Å². The number of nitrogens with one attached hydrogen (secondary N) is 2. The highest BCUT2D eigenvalue weighted by Gasteiger charge is 2.31. The van der Waals surface area contributed by atoms with Crippen LogP contribution in [0.2, 0.25) is 0 Å². The first kappa shape index (κ1) is 44.2. The molecule has 6 aromatic rings. The Morgan fingerprint density at radius 1 is 0.841 bits per heavy atom. The van der Waals surface area contributed by atoms with Crippen LogP contribution in [-0.2, 0) is 47.5 Å². The van der Waals surface area contributed by atoms with Gasteiger partial charge in [-0.25, -0.2) is 23.8 Å². The number of carbonyl (C=O) groups excluding carboxylic acids is 4. The predicted octanol–water partition coefficient (Wildman–Crippen LogP) is 8.63. The second-order valence-corrected chi connectivity index (χ2v) is 16.4. The molecule has 1 saturated carbocycles. The Labute approximate surface area is 364 Å². The molecular formula is C46H47N6O10P. The lowest BCUT2D eigenvalue weighted by atomic mass is 10.1. The summed E-state index contributed by atoms with van der Waals surface area (Å²) in [6, 6.07) is 30.2. The van der Waals surface area contributed by atoms with Gasteiger partial charge in [-0.05, 0) is 85.2 Å². The Morgan fingerprint density at radius 3 is 2.14 bits per heavy atom. The maximum absolute atomic E-state index is 13.9. The quantitative estimate of drug-likeness (QED) is 0.0447. The summed E-state index contributed by atoms with van der Waals surface area (Å²) in [4.78, 5) is 58.1. The number of phosphoric ester groups is 1. The fourth-order valence-electron chi connectivity index (χ4n) is 6.42. The van der Waals surface area contributed by atoms with E-state index in [0.29, 0.717) is 40.1 Å². The van der Waals surface area contributed by atoms with Crippen LogP contribution in [0.4, 0.5) is 16.3 Å². The SMILES string of the molecule is CCCN(C(=O)OCOC(=O)Cc1ccc(OP(=O)(OCc2ccccc2)OCc2ccccc2)cc1)C(=O)c1cn2ncnc(Nc3cc(C(=O)NC4CC4)ccc3C)c2c1C. The van der Waals surface area contributed by atoms with Crippen molar-refractivity contribution in [3.63, 3.8) is 0 Å². The average molecular weight is 875 g/mol. The number of hydrogen-bond donors (Lipinski definition) is 2. The fourth-order valence-corrected chi connectivity index (χ4v) is 7.59. The first-order valence-electron chi connectivity index (χ1n) is 20.4. The molecule has 16 nitrogen and oxygen atoms in total. The van der Waals surface area contributed by atoms with Crippen LogP contribution in [0.25, 0.3) is 5.52 Å². The van der Waals surface area contributed by atoms with E-state index in [1.807, 2.05) is 73.7 Å². The van der Waals surface area contributed by atoms with Crippen molar-refractivity contribution in [3.8, 4) is 5.75 Å². The van der Waals surface area contributed by atoms with Gasteiger partial charge in [0.2, 0.25) is 6.79 Å². The Bertz CT molecular complexity index is 2570. The number of ether oxygens (including phenoxy) is 2. The lowest BCUT2D eigenvalue weighted by Gasteiger charge is -2.19. The van der Waals surface area contributed by atoms with Crippen LogP contribution >= 0.6 is 7.82 Å². The molecule has 1 aliphatic rings. The molecule has 1 fully saturated rings. The third kappa shape index (κ3) is 11.7. The standard InChI is InChI=1S/C46H47N6O10P/c1-4-23-51(45(55)39-26-52-42(32(39)3)43(47-29-48-52)50-40-25-36(18-15-31(40)2)44(54)49-37-19-20-37)46(56)59-30-58-41(53)24-33-16-21-38(22-17-33)62-63(57,60-27-34-11-7-5-8-12-34)61-28-35-13-9-6-10-14-35/h5-18,21-22,25-26,29,37H,4,19-20,23-24,27-28,30H2,1-3H3,(H,49,54)(H,47,48,50). The van der Waals surface area contributed by atoms with Crippen molar-refractivity contribution < 1.29 is 46.8 Å². The topological polar surface area (TPSA) is 189 Å². The van der Waals surface area contributed by atoms with Crippen molar-refractivity contribution in [3.05, 3.63) is 155 Å². The molecule has 326 valence electrons. The summed E-state index contributed by atoms with van der Waals surface area (Å²) < 4.78 is 42.8. The average Bonchev–Trinajstić information content (AvgIpc) is 4.05. The Morgan fingerprint density at radius 2 is 1.51 bits per heavy atom. The number of anilines is 2. The summed E-state index contributed by atoms with van der Waals surface area (Å²) in [6.45, 7) is 4.69. The van der Waals surface area contributed by atoms with Crippen LogP contribution in [0.15, 0.2) is 116 Å². The normalized spacial score (nSPS) is 12.4. The molecule has 2 N–H and O–H groups in total. The molecule has 2 aromatic heterocycles. The number of amides is 3. The number of imide groups is 1. The van der Waals surface area contributed by atoms with Gasteiger partial charge >= 0.3 is 19.9 Å². The fraction of sp³-hybridized carbons (Fsp3) is 0.261. The van der Waals surface area contributed by atoms with Crippen molar-refractivity contribution in [2.24, 2.45) is 0 Å². The number of aromatic nitrogens is 3. The highest BCUT2D eigenvalue weighted by Crippen LogP contribution is 2.51. The predicted molar refractivity (Wildman–Crippen MR) is 232 cm³/mol. The van der Waals surface area contributed by atoms with E-state index in [0.717, 1.165) is 34.4 Å². The third-order valence-corrected chi connectivity index (χ3v) is 11.3. The first-order valence-corrected chi connectivity index (χ1v) is 21.9. The molecule has 4 aromatic carbocycles. The molecule has 3 amide bonds. The smallest absolute Gasteiger partial charge is 0.428 e. The molecule has 0 radical (unpaired) electrons. The molecule has 0 aliphatic heterocycles. The summed E-state index contributed by atoms with van der Waals surface area (Å²) in [6.07, 6.45) is 4.03. The van der Waals surface area contributed by atoms with Gasteiger partial charge in [0, 0.05) is 30.0 Å². The highest BCUT2D eigenvalue weighted by atomic mass is 31.2. The van der Waals surface area contributed by atoms with E-state index in [9.17, 15) is 23.7 Å². The Hall–Kier alpha value is -6.87. The highest BCUT2D eigenvalue weighted by molar-refractivity contribution is 7.48. The Balaban J connectivity index is 0.941. The van der Waals surface area contributed by atoms with Crippen molar-refractivity contribution in [2.75, 3.05) is 18.7 Å². The van der Waals surface area contributed by atoms with Gasteiger partial charge in [0.15, 0.2) is 5.82 Å². The van der Waals surface area contributed by atoms with E-state index in [1.54, 1.807) is 38.1 Å². The number of rotatable bonds is 19. The number of phosphoric acid groups is 1. The number of aryl methyl sites for hydroxylation is 2. The van der Waals surface area contributed by atoms with Gasteiger partial charge in [0.05, 0.1) is 25.2 Å². The van der Waals surface area contributed by atoms with Crippen molar-refractivity contribution in [1.29, 1.82) is 0 Å². The second-order valence-electron chi connectivity index (χ2n) is 14.9. The molecule has 0 unspecified atom stereocenters. The number of carbonyl (C=O) groups is 4. The maximum Gasteiger partial charge on any atom is 0.530 e. The van der Waals surface area contributed by atoms with Crippen LogP contribution in [-0.4, -0.2) is 62.8 Å². The van der Waals surface area contributed by atoms with Gasteiger partial charge < -0.3 is 24.6 Å². The van der Waals surface area contributed by atoms with E-state index in [-0.39, 0.29) is 49.4 Å². The maximum atomic E-state index is 13.9. The zero-order valence-electron chi connectivity index (χ0n) is 35.0. The van der Waals surface area contributed by atoms with Crippen LogP contribution in [0.1, 0.15) is 74.7 Å². The molecule has 7 rings (SSSR count). The van der Waals surface area contributed by atoms with E-state index >= 15 is 0 Å². The van der Waals surface area contributed by atoms with Crippen molar-refractivity contribution in [2.45, 2.75) is 65.7 Å². The van der Waals surface area contributed by atoms with Crippen LogP contribution < -0.4 is 15.2 Å². The third-order valence-electron chi connectivity index (χ3n) is 9.99. The lowest BCUT2D eigenvalue weighted by Crippen LogP contribution is -2.38. The summed E-state index contributed by atoms with van der Waals surface area (Å²) in [5.41, 5.74) is 5.30. The molecule has 0 saturated heterocycles. The van der Waals surface area contributed by atoms with E-state index in [2.05, 4.69) is 20.7 Å². The number of nitrogens with zero attached hydrogens (tertiary/aromatic N) is 4. The minimum Gasteiger partial charge on any atom is -0.428 e.